The van der Waals surface area contributed by atoms with Gasteiger partial charge in [-0.25, -0.2) is 9.18 Å². The molecule has 3 fully saturated rings. The summed E-state index contributed by atoms with van der Waals surface area (Å²) in [6, 6.07) is 14.5. The molecule has 3 aliphatic heterocycles. The third-order valence-corrected chi connectivity index (χ3v) is 10.2. The molecule has 11 heteroatoms. The minimum atomic E-state index is -1.37. The molecule has 4 aliphatic rings. The van der Waals surface area contributed by atoms with E-state index in [1.807, 2.05) is 6.07 Å². The van der Waals surface area contributed by atoms with Gasteiger partial charge in [-0.2, -0.15) is 0 Å². The van der Waals surface area contributed by atoms with Crippen LogP contribution in [0.4, 0.5) is 15.8 Å². The molecular formula is C34H32Cl2FN3O5. The maximum atomic E-state index is 16.2. The van der Waals surface area contributed by atoms with Crippen molar-refractivity contribution in [2.45, 2.75) is 43.7 Å². The second-order valence-electron chi connectivity index (χ2n) is 12.1. The Bertz CT molecular complexity index is 1730. The number of likely N-dealkylation sites (tertiary alicyclic amines) is 1. The Labute approximate surface area is 270 Å². The average Bonchev–Trinajstić information content (AvgIpc) is 3.74. The Morgan fingerprint density at radius 2 is 1.89 bits per heavy atom. The van der Waals surface area contributed by atoms with E-state index in [0.717, 1.165) is 12.8 Å². The number of nitrogens with one attached hydrogen (secondary N) is 1. The number of hydrogen-bond acceptors (Lipinski definition) is 6. The zero-order valence-corrected chi connectivity index (χ0v) is 26.3. The van der Waals surface area contributed by atoms with Gasteiger partial charge in [-0.05, 0) is 74.1 Å². The number of piperidine rings is 1. The van der Waals surface area contributed by atoms with Gasteiger partial charge >= 0.3 is 5.97 Å². The van der Waals surface area contributed by atoms with Crippen LogP contribution in [-0.2, 0) is 19.9 Å². The van der Waals surface area contributed by atoms with Crippen LogP contribution < -0.4 is 15.0 Å². The van der Waals surface area contributed by atoms with E-state index >= 15 is 4.39 Å². The number of carbonyl (C=O) groups excluding carboxylic acids is 3. The van der Waals surface area contributed by atoms with Crippen molar-refractivity contribution in [1.82, 2.24) is 4.90 Å². The predicted octanol–water partition coefficient (Wildman–Crippen LogP) is 6.40. The van der Waals surface area contributed by atoms with Crippen molar-refractivity contribution in [1.29, 1.82) is 0 Å². The van der Waals surface area contributed by atoms with Crippen molar-refractivity contribution in [3.8, 4) is 5.75 Å². The molecule has 234 valence electrons. The molecular weight excluding hydrogens is 620 g/mol. The van der Waals surface area contributed by atoms with E-state index in [2.05, 4.69) is 10.2 Å². The summed E-state index contributed by atoms with van der Waals surface area (Å²) in [6.07, 6.45) is 2.58. The van der Waals surface area contributed by atoms with E-state index in [-0.39, 0.29) is 35.0 Å². The summed E-state index contributed by atoms with van der Waals surface area (Å²) in [5.74, 6) is -2.71. The summed E-state index contributed by atoms with van der Waals surface area (Å²) in [5.41, 5.74) is 0.858. The van der Waals surface area contributed by atoms with Crippen LogP contribution >= 0.6 is 23.2 Å². The van der Waals surface area contributed by atoms with Crippen molar-refractivity contribution in [2.24, 2.45) is 11.8 Å². The number of hydrogen-bond donors (Lipinski definition) is 1. The van der Waals surface area contributed by atoms with Gasteiger partial charge in [-0.1, -0.05) is 41.4 Å². The first-order chi connectivity index (χ1) is 21.7. The van der Waals surface area contributed by atoms with Crippen LogP contribution in [0.5, 0.6) is 5.75 Å². The number of anilines is 2. The molecule has 3 aromatic carbocycles. The number of benzene rings is 3. The molecule has 3 aromatic rings. The largest absolute Gasteiger partial charge is 0.495 e. The Morgan fingerprint density at radius 3 is 2.62 bits per heavy atom. The number of carbonyl (C=O) groups is 3. The smallest absolute Gasteiger partial charge is 0.338 e. The standard InChI is InChI=1S/C34H32Cl2FN3O5/c1-3-45-32(42)19-9-12-25(27(15-19)44-2)39-14-13-26-28(31(39)41)29(21-5-4-6-23(36)30(21)37)34(40(26)17-18-7-8-18)22-11-10-20(35)16-24(22)38-33(34)43/h4-6,9-12,15-16,18,26,28-29H,3,7-8,13-14,17H2,1-2H3,(H,38,43)/t26-,28+,29-,34+/m0/s1. The quantitative estimate of drug-likeness (QED) is 0.298. The summed E-state index contributed by atoms with van der Waals surface area (Å²) in [5, 5.41) is 3.41. The van der Waals surface area contributed by atoms with E-state index < -0.39 is 29.2 Å². The number of rotatable bonds is 7. The van der Waals surface area contributed by atoms with Gasteiger partial charge in [-0.3, -0.25) is 14.5 Å². The molecule has 1 aliphatic carbocycles. The van der Waals surface area contributed by atoms with Gasteiger partial charge in [0, 0.05) is 41.3 Å². The maximum Gasteiger partial charge on any atom is 0.338 e. The number of nitrogens with zero attached hydrogens (tertiary/aromatic N) is 2. The van der Waals surface area contributed by atoms with Crippen LogP contribution in [0.2, 0.25) is 10.0 Å². The molecule has 7 rings (SSSR count). The van der Waals surface area contributed by atoms with E-state index in [1.165, 1.54) is 13.2 Å². The fourth-order valence-electron chi connectivity index (χ4n) is 7.71. The Balaban J connectivity index is 1.41. The minimum Gasteiger partial charge on any atom is -0.495 e. The number of esters is 1. The second kappa shape index (κ2) is 11.3. The monoisotopic (exact) mass is 651 g/mol. The molecule has 2 amide bonds. The molecule has 45 heavy (non-hydrogen) atoms. The van der Waals surface area contributed by atoms with Crippen molar-refractivity contribution < 1.29 is 28.2 Å². The molecule has 1 N–H and O–H groups in total. The highest BCUT2D eigenvalue weighted by Crippen LogP contribution is 2.62. The molecule has 0 aromatic heterocycles. The Hall–Kier alpha value is -3.66. The van der Waals surface area contributed by atoms with Crippen LogP contribution in [0, 0.1) is 17.7 Å². The van der Waals surface area contributed by atoms with Crippen LogP contribution in [-0.4, -0.2) is 55.5 Å². The maximum absolute atomic E-state index is 16.2. The lowest BCUT2D eigenvalue weighted by atomic mass is 9.70. The first-order valence-electron chi connectivity index (χ1n) is 15.2. The highest BCUT2D eigenvalue weighted by Gasteiger charge is 2.70. The van der Waals surface area contributed by atoms with Gasteiger partial charge in [0.2, 0.25) is 11.8 Å². The molecule has 3 heterocycles. The number of amides is 2. The van der Waals surface area contributed by atoms with Crippen molar-refractivity contribution in [3.05, 3.63) is 87.2 Å². The zero-order chi connectivity index (χ0) is 31.6. The highest BCUT2D eigenvalue weighted by molar-refractivity contribution is 6.31. The van der Waals surface area contributed by atoms with Gasteiger partial charge in [0.15, 0.2) is 0 Å². The number of ether oxygens (including phenoxy) is 2. The van der Waals surface area contributed by atoms with E-state index in [1.54, 1.807) is 54.3 Å². The Kier molecular flexibility index (Phi) is 7.54. The summed E-state index contributed by atoms with van der Waals surface area (Å²) in [6.45, 7) is 2.89. The van der Waals surface area contributed by atoms with Crippen LogP contribution in [0.15, 0.2) is 54.6 Å². The van der Waals surface area contributed by atoms with E-state index in [0.29, 0.717) is 58.7 Å². The summed E-state index contributed by atoms with van der Waals surface area (Å²) in [4.78, 5) is 45.6. The van der Waals surface area contributed by atoms with Crippen molar-refractivity contribution in [2.75, 3.05) is 37.0 Å². The molecule has 4 atom stereocenters. The van der Waals surface area contributed by atoms with E-state index in [4.69, 9.17) is 32.7 Å². The minimum absolute atomic E-state index is 0.0779. The van der Waals surface area contributed by atoms with Gasteiger partial charge in [0.05, 0.1) is 35.9 Å². The molecule has 0 radical (unpaired) electrons. The fourth-order valence-corrected chi connectivity index (χ4v) is 8.07. The first kappa shape index (κ1) is 30.0. The lowest BCUT2D eigenvalue weighted by molar-refractivity contribution is -0.128. The van der Waals surface area contributed by atoms with Gasteiger partial charge < -0.3 is 19.7 Å². The number of halogens is 3. The molecule has 8 nitrogen and oxygen atoms in total. The number of methoxy groups -OCH3 is 1. The van der Waals surface area contributed by atoms with Gasteiger partial charge in [0.1, 0.15) is 17.1 Å². The zero-order valence-electron chi connectivity index (χ0n) is 24.8. The number of fused-ring (bicyclic) bond motifs is 3. The third-order valence-electron chi connectivity index (χ3n) is 9.71. The van der Waals surface area contributed by atoms with Crippen LogP contribution in [0.25, 0.3) is 0 Å². The normalized spacial score (nSPS) is 25.7. The third kappa shape index (κ3) is 4.62. The van der Waals surface area contributed by atoms with Gasteiger partial charge in [-0.15, -0.1) is 0 Å². The lowest BCUT2D eigenvalue weighted by Crippen LogP contribution is -2.54. The van der Waals surface area contributed by atoms with E-state index in [9.17, 15) is 14.4 Å². The average molecular weight is 653 g/mol. The summed E-state index contributed by atoms with van der Waals surface area (Å²) in [7, 11) is 1.47. The SMILES string of the molecule is CCOC(=O)c1ccc(N2CC[C@H]3[C@@H](C2=O)[C@H](c2cccc(Cl)c2F)[C@]2(C(=O)Nc4cc(Cl)ccc42)N3CC2CC2)c(OC)c1. The fraction of sp³-hybridized carbons (Fsp3) is 0.382. The van der Waals surface area contributed by atoms with Crippen LogP contribution in [0.1, 0.15) is 53.6 Å². The molecule has 0 unspecified atom stereocenters. The predicted molar refractivity (Wildman–Crippen MR) is 169 cm³/mol. The molecule has 0 bridgehead atoms. The topological polar surface area (TPSA) is 88.2 Å². The summed E-state index contributed by atoms with van der Waals surface area (Å²) >= 11 is 12.7. The molecule has 2 saturated heterocycles. The highest BCUT2D eigenvalue weighted by atomic mass is 35.5. The lowest BCUT2D eigenvalue weighted by Gasteiger charge is -2.40. The van der Waals surface area contributed by atoms with Gasteiger partial charge in [0.25, 0.3) is 0 Å². The first-order valence-corrected chi connectivity index (χ1v) is 15.9. The molecule has 1 spiro atoms. The Morgan fingerprint density at radius 1 is 1.09 bits per heavy atom. The van der Waals surface area contributed by atoms with Crippen LogP contribution in [0.3, 0.4) is 0 Å². The van der Waals surface area contributed by atoms with Crippen molar-refractivity contribution in [3.63, 3.8) is 0 Å². The molecule has 1 saturated carbocycles. The summed E-state index contributed by atoms with van der Waals surface area (Å²) < 4.78 is 27.0. The second-order valence-corrected chi connectivity index (χ2v) is 12.9. The van der Waals surface area contributed by atoms with Crippen molar-refractivity contribution >= 4 is 52.4 Å².